The first-order valence-corrected chi connectivity index (χ1v) is 7.15. The summed E-state index contributed by atoms with van der Waals surface area (Å²) in [6.07, 6.45) is 0.125. The lowest BCUT2D eigenvalue weighted by Gasteiger charge is -2.13. The fraction of sp³-hybridized carbons (Fsp3) is 0.188. The molecule has 23 heavy (non-hydrogen) atoms. The van der Waals surface area contributed by atoms with Crippen LogP contribution in [0.1, 0.15) is 18.1 Å². The normalized spacial score (nSPS) is 12.9. The molecule has 5 N–H and O–H groups in total. The van der Waals surface area contributed by atoms with E-state index >= 15 is 0 Å². The maximum Gasteiger partial charge on any atom is 0.292 e. The van der Waals surface area contributed by atoms with Gasteiger partial charge in [0.05, 0.1) is 24.3 Å². The number of carbonyl (C=O) groups excluding carboxylic acids is 1. The number of anilines is 4. The summed E-state index contributed by atoms with van der Waals surface area (Å²) in [6, 6.07) is 9.12. The predicted molar refractivity (Wildman–Crippen MR) is 85.0 cm³/mol. The number of hydrogen-bond donors (Lipinski definition) is 2. The van der Waals surface area contributed by atoms with Crippen molar-refractivity contribution in [3.05, 3.63) is 35.4 Å². The van der Waals surface area contributed by atoms with Crippen molar-refractivity contribution < 1.29 is 14.5 Å². The molecule has 0 saturated carbocycles. The summed E-state index contributed by atoms with van der Waals surface area (Å²) in [5, 5.41) is 9.12. The average Bonchev–Trinajstić information content (AvgIpc) is 2.85. The zero-order valence-electron chi connectivity index (χ0n) is 12.6. The van der Waals surface area contributed by atoms with Crippen LogP contribution in [0, 0.1) is 11.3 Å². The van der Waals surface area contributed by atoms with Crippen molar-refractivity contribution in [1.29, 1.82) is 5.26 Å². The Morgan fingerprint density at radius 2 is 2.04 bits per heavy atom. The van der Waals surface area contributed by atoms with E-state index in [1.165, 1.54) is 4.90 Å². The highest BCUT2D eigenvalue weighted by Crippen LogP contribution is 2.37. The molecule has 0 radical (unpaired) electrons. The van der Waals surface area contributed by atoms with Crippen molar-refractivity contribution in [2.75, 3.05) is 23.0 Å². The number of nitrogens with zero attached hydrogens (tertiary/aromatic N) is 2. The number of nitriles is 1. The van der Waals surface area contributed by atoms with Crippen LogP contribution in [0.4, 0.5) is 23.0 Å². The Morgan fingerprint density at radius 1 is 1.35 bits per heavy atom. The van der Waals surface area contributed by atoms with E-state index in [1.54, 1.807) is 24.3 Å². The van der Waals surface area contributed by atoms with Crippen LogP contribution in [-0.2, 0) is 11.2 Å². The maximum absolute atomic E-state index is 12.4. The number of aromatic nitrogens is 1. The van der Waals surface area contributed by atoms with Crippen LogP contribution in [-0.4, -0.2) is 12.5 Å². The molecule has 0 saturated heterocycles. The summed E-state index contributed by atoms with van der Waals surface area (Å²) in [5.74, 6) is 1.25. The summed E-state index contributed by atoms with van der Waals surface area (Å²) in [5.41, 5.74) is 13.5. The van der Waals surface area contributed by atoms with Gasteiger partial charge in [-0.05, 0) is 31.2 Å². The van der Waals surface area contributed by atoms with Gasteiger partial charge in [0.25, 0.3) is 5.91 Å². The zero-order chi connectivity index (χ0) is 16.6. The minimum atomic E-state index is -0.137. The second-order valence-corrected chi connectivity index (χ2v) is 5.10. The zero-order valence-corrected chi connectivity index (χ0v) is 12.6. The standard InChI is InChI=1S/C16H15N5O2/c1-2-23-10-5-3-9(4-6-10)21-13(22)7-11-14(18)12(8-17)15(19)20-16(11)21/h3-6H,2,7H2,1H3,(H4,18,19,20)/p+1. The summed E-state index contributed by atoms with van der Waals surface area (Å²) in [6.45, 7) is 2.48. The van der Waals surface area contributed by atoms with Crippen molar-refractivity contribution in [3.8, 4) is 11.8 Å². The number of nitrogen functional groups attached to an aromatic ring is 2. The number of nitrogens with two attached hydrogens (primary N) is 2. The number of fused-ring (bicyclic) bond motifs is 1. The molecule has 0 unspecified atom stereocenters. The SMILES string of the molecule is CCOc1ccc(N2C(=O)Cc3c2[nH+]c(N)c(C#N)c3N)cc1. The van der Waals surface area contributed by atoms with Crippen LogP contribution < -0.4 is 26.1 Å². The molecule has 1 aliphatic rings. The monoisotopic (exact) mass is 310 g/mol. The van der Waals surface area contributed by atoms with E-state index in [4.69, 9.17) is 21.5 Å². The van der Waals surface area contributed by atoms with Gasteiger partial charge in [-0.25, -0.2) is 4.98 Å². The average molecular weight is 310 g/mol. The maximum atomic E-state index is 12.4. The third kappa shape index (κ3) is 2.30. The summed E-state index contributed by atoms with van der Waals surface area (Å²) in [4.78, 5) is 16.8. The first-order chi connectivity index (χ1) is 11.1. The van der Waals surface area contributed by atoms with Crippen LogP contribution in [0.25, 0.3) is 0 Å². The molecule has 7 nitrogen and oxygen atoms in total. The lowest BCUT2D eigenvalue weighted by Crippen LogP contribution is -2.27. The number of H-pyrrole nitrogens is 1. The molecule has 0 aliphatic carbocycles. The fourth-order valence-corrected chi connectivity index (χ4v) is 2.67. The van der Waals surface area contributed by atoms with E-state index < -0.39 is 0 Å². The second kappa shape index (κ2) is 5.50. The molecular formula is C16H16N5O2+. The van der Waals surface area contributed by atoms with Gasteiger partial charge in [0.15, 0.2) is 0 Å². The Labute approximate surface area is 133 Å². The van der Waals surface area contributed by atoms with Crippen molar-refractivity contribution >= 4 is 28.9 Å². The smallest absolute Gasteiger partial charge is 0.292 e. The van der Waals surface area contributed by atoms with Gasteiger partial charge in [0.2, 0.25) is 11.6 Å². The van der Waals surface area contributed by atoms with E-state index in [-0.39, 0.29) is 29.4 Å². The number of nitrogens with one attached hydrogen (secondary N) is 1. The molecule has 0 bridgehead atoms. The highest BCUT2D eigenvalue weighted by atomic mass is 16.5. The molecule has 0 fully saturated rings. The number of ether oxygens (including phenoxy) is 1. The first kappa shape index (κ1) is 14.7. The Morgan fingerprint density at radius 3 is 2.65 bits per heavy atom. The molecule has 1 amide bonds. The number of rotatable bonds is 3. The van der Waals surface area contributed by atoms with Crippen LogP contribution in [0.2, 0.25) is 0 Å². The lowest BCUT2D eigenvalue weighted by atomic mass is 10.1. The molecule has 2 heterocycles. The Bertz CT molecular complexity index is 824. The van der Waals surface area contributed by atoms with Gasteiger partial charge in [0.1, 0.15) is 23.1 Å². The molecule has 1 aromatic heterocycles. The molecule has 0 spiro atoms. The summed E-state index contributed by atoms with van der Waals surface area (Å²) >= 11 is 0. The Kier molecular flexibility index (Phi) is 3.50. The quantitative estimate of drug-likeness (QED) is 0.881. The van der Waals surface area contributed by atoms with E-state index in [0.717, 1.165) is 5.75 Å². The van der Waals surface area contributed by atoms with Crippen molar-refractivity contribution in [2.24, 2.45) is 0 Å². The molecule has 2 aromatic rings. The van der Waals surface area contributed by atoms with Crippen molar-refractivity contribution in [2.45, 2.75) is 13.3 Å². The molecule has 1 aromatic carbocycles. The van der Waals surface area contributed by atoms with Crippen LogP contribution in [0.3, 0.4) is 0 Å². The van der Waals surface area contributed by atoms with E-state index in [2.05, 4.69) is 4.98 Å². The predicted octanol–water partition coefficient (Wildman–Crippen LogP) is 1.16. The number of pyridine rings is 1. The van der Waals surface area contributed by atoms with E-state index in [1.807, 2.05) is 13.0 Å². The largest absolute Gasteiger partial charge is 0.494 e. The molecule has 116 valence electrons. The minimum Gasteiger partial charge on any atom is -0.494 e. The van der Waals surface area contributed by atoms with Gasteiger partial charge in [-0.15, -0.1) is 0 Å². The fourth-order valence-electron chi connectivity index (χ4n) is 2.67. The number of amides is 1. The van der Waals surface area contributed by atoms with Gasteiger partial charge in [-0.2, -0.15) is 10.2 Å². The van der Waals surface area contributed by atoms with E-state index in [0.29, 0.717) is 23.7 Å². The highest BCUT2D eigenvalue weighted by Gasteiger charge is 2.38. The van der Waals surface area contributed by atoms with E-state index in [9.17, 15) is 4.79 Å². The minimum absolute atomic E-state index is 0.125. The summed E-state index contributed by atoms with van der Waals surface area (Å²) < 4.78 is 5.40. The molecule has 7 heteroatoms. The van der Waals surface area contributed by atoms with Crippen LogP contribution in [0.5, 0.6) is 5.75 Å². The lowest BCUT2D eigenvalue weighted by molar-refractivity contribution is -0.344. The topological polar surface area (TPSA) is 120 Å². The first-order valence-electron chi connectivity index (χ1n) is 7.15. The number of hydrogen-bond acceptors (Lipinski definition) is 5. The van der Waals surface area contributed by atoms with Crippen molar-refractivity contribution in [3.63, 3.8) is 0 Å². The Hall–Kier alpha value is -3.27. The number of carbonyl (C=O) groups is 1. The van der Waals surface area contributed by atoms with Gasteiger partial charge in [-0.3, -0.25) is 4.79 Å². The third-order valence-electron chi connectivity index (χ3n) is 3.72. The molecule has 1 aliphatic heterocycles. The number of aromatic amines is 1. The third-order valence-corrected chi connectivity index (χ3v) is 3.72. The van der Waals surface area contributed by atoms with Gasteiger partial charge in [0, 0.05) is 0 Å². The Balaban J connectivity index is 2.07. The second-order valence-electron chi connectivity index (χ2n) is 5.10. The van der Waals surface area contributed by atoms with Crippen LogP contribution >= 0.6 is 0 Å². The highest BCUT2D eigenvalue weighted by molar-refractivity contribution is 6.07. The molecule has 0 atom stereocenters. The van der Waals surface area contributed by atoms with Gasteiger partial charge >= 0.3 is 0 Å². The van der Waals surface area contributed by atoms with Gasteiger partial charge in [-0.1, -0.05) is 0 Å². The number of benzene rings is 1. The van der Waals surface area contributed by atoms with Crippen molar-refractivity contribution in [1.82, 2.24) is 0 Å². The molecular weight excluding hydrogens is 294 g/mol. The van der Waals surface area contributed by atoms with Crippen LogP contribution in [0.15, 0.2) is 24.3 Å². The summed E-state index contributed by atoms with van der Waals surface area (Å²) in [7, 11) is 0. The molecule has 3 rings (SSSR count). The van der Waals surface area contributed by atoms with Gasteiger partial charge < -0.3 is 16.2 Å².